The monoisotopic (exact) mass is 362 g/mol. The van der Waals surface area contributed by atoms with Crippen LogP contribution in [0.15, 0.2) is 27.1 Å². The summed E-state index contributed by atoms with van der Waals surface area (Å²) in [6.07, 6.45) is 0. The van der Waals surface area contributed by atoms with Crippen LogP contribution in [0.25, 0.3) is 0 Å². The van der Waals surface area contributed by atoms with Crippen molar-refractivity contribution >= 4 is 31.9 Å². The molecule has 0 heterocycles. The molecule has 0 aliphatic rings. The lowest BCUT2D eigenvalue weighted by atomic mass is 10.2. The molecule has 2 nitrogen and oxygen atoms in total. The Balaban J connectivity index is 2.18. The van der Waals surface area contributed by atoms with Crippen LogP contribution in [0.5, 0.6) is 0 Å². The third-order valence-electron chi connectivity index (χ3n) is 2.28. The zero-order chi connectivity index (χ0) is 12.7. The van der Waals surface area contributed by atoms with Gasteiger partial charge < -0.3 is 10.6 Å². The van der Waals surface area contributed by atoms with E-state index in [1.165, 1.54) is 5.56 Å². The van der Waals surface area contributed by atoms with E-state index in [9.17, 15) is 0 Å². The van der Waals surface area contributed by atoms with Gasteiger partial charge in [-0.2, -0.15) is 0 Å². The van der Waals surface area contributed by atoms with E-state index >= 15 is 0 Å². The van der Waals surface area contributed by atoms with Crippen molar-refractivity contribution in [3.05, 3.63) is 32.7 Å². The van der Waals surface area contributed by atoms with Gasteiger partial charge in [0.15, 0.2) is 0 Å². The van der Waals surface area contributed by atoms with Crippen molar-refractivity contribution in [2.75, 3.05) is 19.6 Å². The summed E-state index contributed by atoms with van der Waals surface area (Å²) in [5, 5.41) is 6.84. The third-order valence-corrected chi connectivity index (χ3v) is 3.20. The van der Waals surface area contributed by atoms with Crippen LogP contribution in [0.2, 0.25) is 0 Å². The molecule has 4 heteroatoms. The van der Waals surface area contributed by atoms with Crippen molar-refractivity contribution in [1.82, 2.24) is 10.6 Å². The molecule has 0 spiro atoms. The van der Waals surface area contributed by atoms with Gasteiger partial charge in [0, 0.05) is 28.6 Å². The Bertz CT molecular complexity index is 320. The van der Waals surface area contributed by atoms with Gasteiger partial charge in [-0.25, -0.2) is 0 Å². The lowest BCUT2D eigenvalue weighted by Gasteiger charge is -2.09. The molecular formula is C13H20Br2N2. The summed E-state index contributed by atoms with van der Waals surface area (Å²) in [6, 6.07) is 6.33. The maximum atomic E-state index is 3.49. The average Bonchev–Trinajstić information content (AvgIpc) is 2.21. The third kappa shape index (κ3) is 7.19. The standard InChI is InChI=1S/C13H20Br2N2/c1-10(2)8-16-3-4-17-9-11-5-12(14)7-13(15)6-11/h5-7,10,16-17H,3-4,8-9H2,1-2H3. The summed E-state index contributed by atoms with van der Waals surface area (Å²) in [7, 11) is 0. The molecule has 0 aliphatic carbocycles. The van der Waals surface area contributed by atoms with Gasteiger partial charge in [-0.15, -0.1) is 0 Å². The fourth-order valence-corrected chi connectivity index (χ4v) is 2.90. The average molecular weight is 364 g/mol. The molecule has 0 saturated heterocycles. The van der Waals surface area contributed by atoms with Gasteiger partial charge >= 0.3 is 0 Å². The molecule has 1 aromatic rings. The summed E-state index contributed by atoms with van der Waals surface area (Å²) in [5.41, 5.74) is 1.29. The van der Waals surface area contributed by atoms with Gasteiger partial charge in [-0.3, -0.25) is 0 Å². The van der Waals surface area contributed by atoms with Crippen LogP contribution in [-0.2, 0) is 6.54 Å². The van der Waals surface area contributed by atoms with Crippen LogP contribution in [0.3, 0.4) is 0 Å². The van der Waals surface area contributed by atoms with Crippen LogP contribution in [0.4, 0.5) is 0 Å². The lowest BCUT2D eigenvalue weighted by Crippen LogP contribution is -2.29. The number of rotatable bonds is 7. The molecule has 0 fully saturated rings. The number of benzene rings is 1. The molecular weight excluding hydrogens is 344 g/mol. The molecule has 2 N–H and O–H groups in total. The zero-order valence-electron chi connectivity index (χ0n) is 10.4. The summed E-state index contributed by atoms with van der Waals surface area (Å²) >= 11 is 6.99. The Labute approximate surface area is 121 Å². The Morgan fingerprint density at radius 1 is 1.00 bits per heavy atom. The fraction of sp³-hybridized carbons (Fsp3) is 0.538. The minimum atomic E-state index is 0.719. The molecule has 17 heavy (non-hydrogen) atoms. The van der Waals surface area contributed by atoms with E-state index < -0.39 is 0 Å². The van der Waals surface area contributed by atoms with Crippen LogP contribution in [0.1, 0.15) is 19.4 Å². The van der Waals surface area contributed by atoms with E-state index in [0.717, 1.165) is 41.0 Å². The number of hydrogen-bond donors (Lipinski definition) is 2. The molecule has 1 aromatic carbocycles. The predicted octanol–water partition coefficient (Wildman–Crippen LogP) is 3.55. The maximum absolute atomic E-state index is 3.49. The number of hydrogen-bond acceptors (Lipinski definition) is 2. The van der Waals surface area contributed by atoms with Crippen molar-refractivity contribution in [3.8, 4) is 0 Å². The lowest BCUT2D eigenvalue weighted by molar-refractivity contribution is 0.535. The first-order valence-electron chi connectivity index (χ1n) is 5.94. The van der Waals surface area contributed by atoms with Crippen molar-refractivity contribution in [2.24, 2.45) is 5.92 Å². The van der Waals surface area contributed by atoms with Crippen LogP contribution in [-0.4, -0.2) is 19.6 Å². The molecule has 1 rings (SSSR count). The van der Waals surface area contributed by atoms with E-state index in [4.69, 9.17) is 0 Å². The van der Waals surface area contributed by atoms with E-state index in [2.05, 4.69) is 68.5 Å². The Morgan fingerprint density at radius 3 is 2.18 bits per heavy atom. The predicted molar refractivity (Wildman–Crippen MR) is 81.3 cm³/mol. The highest BCUT2D eigenvalue weighted by molar-refractivity contribution is 9.11. The summed E-state index contributed by atoms with van der Waals surface area (Å²) in [6.45, 7) is 8.45. The SMILES string of the molecule is CC(C)CNCCNCc1cc(Br)cc(Br)c1. The van der Waals surface area contributed by atoms with Gasteiger partial charge in [-0.1, -0.05) is 45.7 Å². The van der Waals surface area contributed by atoms with E-state index in [1.807, 2.05) is 6.07 Å². The largest absolute Gasteiger partial charge is 0.315 e. The minimum absolute atomic E-state index is 0.719. The molecule has 0 radical (unpaired) electrons. The highest BCUT2D eigenvalue weighted by Crippen LogP contribution is 2.19. The molecule has 0 saturated carbocycles. The molecule has 0 amide bonds. The highest BCUT2D eigenvalue weighted by atomic mass is 79.9. The zero-order valence-corrected chi connectivity index (χ0v) is 13.6. The minimum Gasteiger partial charge on any atom is -0.315 e. The first-order valence-corrected chi connectivity index (χ1v) is 7.53. The molecule has 0 unspecified atom stereocenters. The van der Waals surface area contributed by atoms with E-state index in [0.29, 0.717) is 0 Å². The first kappa shape index (κ1) is 15.2. The summed E-state index contributed by atoms with van der Waals surface area (Å²) in [5.74, 6) is 0.719. The normalized spacial score (nSPS) is 11.1. The van der Waals surface area contributed by atoms with Crippen LogP contribution in [0, 0.1) is 5.92 Å². The Morgan fingerprint density at radius 2 is 1.59 bits per heavy atom. The van der Waals surface area contributed by atoms with Crippen molar-refractivity contribution < 1.29 is 0 Å². The van der Waals surface area contributed by atoms with E-state index in [1.54, 1.807) is 0 Å². The van der Waals surface area contributed by atoms with Gasteiger partial charge in [0.1, 0.15) is 0 Å². The topological polar surface area (TPSA) is 24.1 Å². The molecule has 0 atom stereocenters. The second-order valence-corrected chi connectivity index (χ2v) is 6.38. The Hall–Kier alpha value is 0.1000. The van der Waals surface area contributed by atoms with Crippen molar-refractivity contribution in [3.63, 3.8) is 0 Å². The van der Waals surface area contributed by atoms with Gasteiger partial charge in [0.2, 0.25) is 0 Å². The van der Waals surface area contributed by atoms with E-state index in [-0.39, 0.29) is 0 Å². The van der Waals surface area contributed by atoms with Crippen molar-refractivity contribution in [2.45, 2.75) is 20.4 Å². The summed E-state index contributed by atoms with van der Waals surface area (Å²) in [4.78, 5) is 0. The quantitative estimate of drug-likeness (QED) is 0.724. The van der Waals surface area contributed by atoms with Crippen LogP contribution < -0.4 is 10.6 Å². The van der Waals surface area contributed by atoms with Gasteiger partial charge in [0.25, 0.3) is 0 Å². The molecule has 0 aliphatic heterocycles. The molecule has 0 aromatic heterocycles. The molecule has 0 bridgehead atoms. The highest BCUT2D eigenvalue weighted by Gasteiger charge is 1.97. The number of nitrogens with one attached hydrogen (secondary N) is 2. The summed E-state index contributed by atoms with van der Waals surface area (Å²) < 4.78 is 2.23. The van der Waals surface area contributed by atoms with Gasteiger partial charge in [0.05, 0.1) is 0 Å². The van der Waals surface area contributed by atoms with Crippen molar-refractivity contribution in [1.29, 1.82) is 0 Å². The smallest absolute Gasteiger partial charge is 0.0206 e. The van der Waals surface area contributed by atoms with Crippen LogP contribution >= 0.6 is 31.9 Å². The Kier molecular flexibility index (Phi) is 7.35. The second kappa shape index (κ2) is 8.25. The molecule has 96 valence electrons. The fourth-order valence-electron chi connectivity index (χ4n) is 1.51. The maximum Gasteiger partial charge on any atom is 0.0206 e. The second-order valence-electron chi connectivity index (χ2n) is 4.55. The van der Waals surface area contributed by atoms with Gasteiger partial charge in [-0.05, 0) is 36.2 Å². The number of halogens is 2. The first-order chi connectivity index (χ1) is 8.08.